The summed E-state index contributed by atoms with van der Waals surface area (Å²) < 4.78 is 0. The van der Waals surface area contributed by atoms with Crippen molar-refractivity contribution >= 4 is 40.7 Å². The van der Waals surface area contributed by atoms with Crippen molar-refractivity contribution in [1.29, 1.82) is 0 Å². The summed E-state index contributed by atoms with van der Waals surface area (Å²) in [6.45, 7) is 3.35. The lowest BCUT2D eigenvalue weighted by Gasteiger charge is -2.31. The molecule has 0 unspecified atom stereocenters. The topological polar surface area (TPSA) is 32.3 Å². The van der Waals surface area contributed by atoms with Crippen LogP contribution >= 0.6 is 34.8 Å². The molecule has 1 amide bonds. The molecule has 1 N–H and O–H groups in total. The lowest BCUT2D eigenvalue weighted by atomic mass is 9.95. The van der Waals surface area contributed by atoms with Gasteiger partial charge in [-0.05, 0) is 68.1 Å². The summed E-state index contributed by atoms with van der Waals surface area (Å²) in [5.41, 5.74) is 2.28. The van der Waals surface area contributed by atoms with E-state index in [0.717, 1.165) is 61.5 Å². The highest BCUT2D eigenvalue weighted by Crippen LogP contribution is 2.25. The van der Waals surface area contributed by atoms with Crippen LogP contribution in [0.3, 0.4) is 0 Å². The molecule has 0 bridgehead atoms. The molecular weight excluding hydrogens is 415 g/mol. The molecule has 2 aromatic carbocycles. The molecule has 2 aromatic rings. The van der Waals surface area contributed by atoms with Gasteiger partial charge < -0.3 is 5.32 Å². The molecule has 3 nitrogen and oxygen atoms in total. The number of halogens is 3. The predicted molar refractivity (Wildman–Crippen MR) is 117 cm³/mol. The Hall–Kier alpha value is -1.26. The molecule has 1 aliphatic rings. The first kappa shape index (κ1) is 21.4. The fraction of sp³-hybridized carbons (Fsp3) is 0.409. The van der Waals surface area contributed by atoms with Gasteiger partial charge >= 0.3 is 0 Å². The van der Waals surface area contributed by atoms with Gasteiger partial charge in [-0.3, -0.25) is 9.69 Å². The van der Waals surface area contributed by atoms with Crippen LogP contribution in [0.15, 0.2) is 42.5 Å². The first-order valence-electron chi connectivity index (χ1n) is 9.70. The first-order chi connectivity index (χ1) is 13.5. The maximum atomic E-state index is 12.4. The number of nitrogens with one attached hydrogen (secondary N) is 1. The fourth-order valence-electron chi connectivity index (χ4n) is 3.59. The van der Waals surface area contributed by atoms with Gasteiger partial charge in [0.15, 0.2) is 0 Å². The highest BCUT2D eigenvalue weighted by Gasteiger charge is 2.24. The number of carbonyl (C=O) groups excluding carboxylic acids is 1. The number of piperidine rings is 1. The Morgan fingerprint density at radius 2 is 1.75 bits per heavy atom. The van der Waals surface area contributed by atoms with Crippen molar-refractivity contribution in [3.05, 3.63) is 68.7 Å². The van der Waals surface area contributed by atoms with Gasteiger partial charge in [-0.25, -0.2) is 0 Å². The Bertz CT molecular complexity index is 804. The second-order valence-electron chi connectivity index (χ2n) is 7.28. The standard InChI is InChI=1S/C22H25Cl3N2O/c23-19-6-2-1-4-17(19)5-3-11-26-22(28)18-9-12-27(13-10-18)15-16-7-8-20(24)21(25)14-16/h1-2,4,6-8,14,18H,3,5,9-13,15H2,(H,26,28). The first-order valence-corrected chi connectivity index (χ1v) is 10.8. The molecule has 1 fully saturated rings. The number of likely N-dealkylation sites (tertiary alicyclic amines) is 1. The van der Waals surface area contributed by atoms with Crippen molar-refractivity contribution in [2.24, 2.45) is 5.92 Å². The number of hydrogen-bond donors (Lipinski definition) is 1. The van der Waals surface area contributed by atoms with E-state index in [9.17, 15) is 4.79 Å². The van der Waals surface area contributed by atoms with Crippen LogP contribution in [-0.2, 0) is 17.8 Å². The number of nitrogens with zero attached hydrogens (tertiary/aromatic N) is 1. The molecule has 1 aliphatic heterocycles. The van der Waals surface area contributed by atoms with Crippen LogP contribution in [0.2, 0.25) is 15.1 Å². The van der Waals surface area contributed by atoms with Gasteiger partial charge in [0.1, 0.15) is 0 Å². The van der Waals surface area contributed by atoms with E-state index in [1.165, 1.54) is 0 Å². The van der Waals surface area contributed by atoms with Crippen LogP contribution in [-0.4, -0.2) is 30.4 Å². The minimum atomic E-state index is 0.102. The highest BCUT2D eigenvalue weighted by molar-refractivity contribution is 6.42. The monoisotopic (exact) mass is 438 g/mol. The molecule has 150 valence electrons. The van der Waals surface area contributed by atoms with Crippen LogP contribution in [0.5, 0.6) is 0 Å². The summed E-state index contributed by atoms with van der Waals surface area (Å²) >= 11 is 18.2. The van der Waals surface area contributed by atoms with E-state index in [2.05, 4.69) is 10.2 Å². The van der Waals surface area contributed by atoms with Crippen molar-refractivity contribution in [2.75, 3.05) is 19.6 Å². The van der Waals surface area contributed by atoms with E-state index in [-0.39, 0.29) is 11.8 Å². The van der Waals surface area contributed by atoms with Crippen molar-refractivity contribution in [2.45, 2.75) is 32.2 Å². The summed E-state index contributed by atoms with van der Waals surface area (Å²) in [6, 6.07) is 13.6. The van der Waals surface area contributed by atoms with Crippen molar-refractivity contribution < 1.29 is 4.79 Å². The van der Waals surface area contributed by atoms with Gasteiger partial charge in [-0.2, -0.15) is 0 Å². The van der Waals surface area contributed by atoms with E-state index in [1.54, 1.807) is 0 Å². The Kier molecular flexibility index (Phi) is 8.04. The van der Waals surface area contributed by atoms with Gasteiger partial charge in [-0.1, -0.05) is 59.1 Å². The molecule has 1 saturated heterocycles. The lowest BCUT2D eigenvalue weighted by Crippen LogP contribution is -2.40. The van der Waals surface area contributed by atoms with Crippen LogP contribution < -0.4 is 5.32 Å². The molecule has 0 radical (unpaired) electrons. The second-order valence-corrected chi connectivity index (χ2v) is 8.51. The van der Waals surface area contributed by atoms with Crippen molar-refractivity contribution in [3.8, 4) is 0 Å². The minimum absolute atomic E-state index is 0.102. The lowest BCUT2D eigenvalue weighted by molar-refractivity contribution is -0.126. The van der Waals surface area contributed by atoms with Gasteiger partial charge in [0.2, 0.25) is 5.91 Å². The molecule has 6 heteroatoms. The van der Waals surface area contributed by atoms with E-state index in [0.29, 0.717) is 16.6 Å². The van der Waals surface area contributed by atoms with E-state index < -0.39 is 0 Å². The molecule has 1 heterocycles. The summed E-state index contributed by atoms with van der Waals surface area (Å²) in [6.07, 6.45) is 3.54. The van der Waals surface area contributed by atoms with Crippen LogP contribution in [0, 0.1) is 5.92 Å². The van der Waals surface area contributed by atoms with Crippen LogP contribution in [0.1, 0.15) is 30.4 Å². The largest absolute Gasteiger partial charge is 0.356 e. The summed E-state index contributed by atoms with van der Waals surface area (Å²) in [4.78, 5) is 14.8. The number of rotatable bonds is 7. The predicted octanol–water partition coefficient (Wildman–Crippen LogP) is 5.61. The maximum Gasteiger partial charge on any atom is 0.223 e. The van der Waals surface area contributed by atoms with Crippen molar-refractivity contribution in [3.63, 3.8) is 0 Å². The van der Waals surface area contributed by atoms with Crippen LogP contribution in [0.25, 0.3) is 0 Å². The minimum Gasteiger partial charge on any atom is -0.356 e. The third kappa shape index (κ3) is 6.12. The fourth-order valence-corrected chi connectivity index (χ4v) is 4.14. The van der Waals surface area contributed by atoms with Crippen molar-refractivity contribution in [1.82, 2.24) is 10.2 Å². The van der Waals surface area contributed by atoms with Gasteiger partial charge in [0.25, 0.3) is 0 Å². The Morgan fingerprint density at radius 1 is 1.00 bits per heavy atom. The number of carbonyl (C=O) groups is 1. The highest BCUT2D eigenvalue weighted by atomic mass is 35.5. The normalized spacial score (nSPS) is 15.5. The number of aryl methyl sites for hydroxylation is 1. The van der Waals surface area contributed by atoms with E-state index >= 15 is 0 Å². The van der Waals surface area contributed by atoms with Crippen LogP contribution in [0.4, 0.5) is 0 Å². The molecule has 28 heavy (non-hydrogen) atoms. The Labute approximate surface area is 182 Å². The summed E-state index contributed by atoms with van der Waals surface area (Å²) in [7, 11) is 0. The summed E-state index contributed by atoms with van der Waals surface area (Å²) in [5.74, 6) is 0.277. The number of benzene rings is 2. The molecule has 3 rings (SSSR count). The second kappa shape index (κ2) is 10.5. The maximum absolute atomic E-state index is 12.4. The SMILES string of the molecule is O=C(NCCCc1ccccc1Cl)C1CCN(Cc2ccc(Cl)c(Cl)c2)CC1. The van der Waals surface area contributed by atoms with E-state index in [1.807, 2.05) is 42.5 Å². The Balaban J connectivity index is 1.36. The molecule has 0 aliphatic carbocycles. The zero-order valence-electron chi connectivity index (χ0n) is 15.8. The molecular formula is C22H25Cl3N2O. The Morgan fingerprint density at radius 3 is 2.46 bits per heavy atom. The van der Waals surface area contributed by atoms with Gasteiger partial charge in [0, 0.05) is 24.0 Å². The number of hydrogen-bond acceptors (Lipinski definition) is 2. The zero-order chi connectivity index (χ0) is 19.9. The van der Waals surface area contributed by atoms with Gasteiger partial charge in [-0.15, -0.1) is 0 Å². The average Bonchev–Trinajstić information content (AvgIpc) is 2.70. The molecule has 0 atom stereocenters. The van der Waals surface area contributed by atoms with E-state index in [4.69, 9.17) is 34.8 Å². The smallest absolute Gasteiger partial charge is 0.223 e. The third-order valence-electron chi connectivity index (χ3n) is 5.23. The molecule has 0 aromatic heterocycles. The average molecular weight is 440 g/mol. The number of amides is 1. The third-order valence-corrected chi connectivity index (χ3v) is 6.34. The molecule has 0 spiro atoms. The summed E-state index contributed by atoms with van der Waals surface area (Å²) in [5, 5.41) is 5.05. The molecule has 0 saturated carbocycles. The quantitative estimate of drug-likeness (QED) is 0.569. The van der Waals surface area contributed by atoms with Gasteiger partial charge in [0.05, 0.1) is 10.0 Å². The zero-order valence-corrected chi connectivity index (χ0v) is 18.0.